The summed E-state index contributed by atoms with van der Waals surface area (Å²) in [6, 6.07) is 13.4. The molecule has 3 aromatic rings. The van der Waals surface area contributed by atoms with Crippen molar-refractivity contribution in [3.8, 4) is 11.6 Å². The van der Waals surface area contributed by atoms with Crippen molar-refractivity contribution in [2.45, 2.75) is 13.8 Å². The van der Waals surface area contributed by atoms with Crippen LogP contribution < -0.4 is 16.3 Å². The second-order valence-corrected chi connectivity index (χ2v) is 7.44. The number of hydrazone groups is 1. The molecule has 9 heteroatoms. The maximum absolute atomic E-state index is 13.0. The monoisotopic (exact) mass is 436 g/mol. The van der Waals surface area contributed by atoms with Crippen LogP contribution in [0.15, 0.2) is 68.8 Å². The number of hydrogen-bond donors (Lipinski definition) is 2. The van der Waals surface area contributed by atoms with Crippen molar-refractivity contribution in [1.82, 2.24) is 9.55 Å². The molecule has 2 N–H and O–H groups in total. The Hall–Kier alpha value is -3.91. The van der Waals surface area contributed by atoms with Gasteiger partial charge in [-0.3, -0.25) is 14.6 Å². The van der Waals surface area contributed by atoms with Crippen LogP contribution in [0.3, 0.4) is 0 Å². The van der Waals surface area contributed by atoms with Gasteiger partial charge in [0.2, 0.25) is 5.88 Å². The number of H-pyrrole nitrogens is 1. The molecule has 2 aromatic carbocycles. The SMILES string of the molecule is CC1=NN(c2ccc(C)cc2)C(=O)C1=Cc1c(O)n(-c2ccc(Cl)cc2)c(=O)[nH]c1=O. The molecule has 0 saturated carbocycles. The molecule has 0 aliphatic carbocycles. The Balaban J connectivity index is 1.81. The average Bonchev–Trinajstić information content (AvgIpc) is 3.01. The van der Waals surface area contributed by atoms with E-state index in [-0.39, 0.29) is 11.1 Å². The van der Waals surface area contributed by atoms with Crippen LogP contribution in [-0.2, 0) is 4.79 Å². The Kier molecular flexibility index (Phi) is 5.08. The lowest BCUT2D eigenvalue weighted by Crippen LogP contribution is -2.30. The summed E-state index contributed by atoms with van der Waals surface area (Å²) in [6.07, 6.45) is 1.23. The Bertz CT molecular complexity index is 1370. The quantitative estimate of drug-likeness (QED) is 0.615. The summed E-state index contributed by atoms with van der Waals surface area (Å²) in [5.41, 5.74) is 0.517. The molecule has 0 saturated heterocycles. The number of amides is 1. The van der Waals surface area contributed by atoms with E-state index in [9.17, 15) is 19.5 Å². The molecular weight excluding hydrogens is 420 g/mol. The first-order valence-corrected chi connectivity index (χ1v) is 9.66. The number of carbonyl (C=O) groups is 1. The van der Waals surface area contributed by atoms with Gasteiger partial charge in [0.1, 0.15) is 5.56 Å². The van der Waals surface area contributed by atoms with Gasteiger partial charge in [-0.05, 0) is 56.3 Å². The van der Waals surface area contributed by atoms with E-state index in [2.05, 4.69) is 10.1 Å². The van der Waals surface area contributed by atoms with Gasteiger partial charge < -0.3 is 5.11 Å². The Morgan fingerprint density at radius 1 is 0.968 bits per heavy atom. The lowest BCUT2D eigenvalue weighted by atomic mass is 10.1. The van der Waals surface area contributed by atoms with Gasteiger partial charge >= 0.3 is 5.69 Å². The first kappa shape index (κ1) is 20.4. The van der Waals surface area contributed by atoms with E-state index in [1.54, 1.807) is 31.2 Å². The van der Waals surface area contributed by atoms with Gasteiger partial charge in [-0.15, -0.1) is 0 Å². The molecule has 0 radical (unpaired) electrons. The molecule has 0 spiro atoms. The molecule has 0 bridgehead atoms. The first-order chi connectivity index (χ1) is 14.8. The molecule has 0 fully saturated rings. The van der Waals surface area contributed by atoms with Gasteiger partial charge in [0, 0.05) is 5.02 Å². The van der Waals surface area contributed by atoms with E-state index in [0.717, 1.165) is 10.1 Å². The van der Waals surface area contributed by atoms with Crippen molar-refractivity contribution < 1.29 is 9.90 Å². The lowest BCUT2D eigenvalue weighted by Gasteiger charge is -2.12. The van der Waals surface area contributed by atoms with E-state index in [1.807, 2.05) is 19.1 Å². The second kappa shape index (κ2) is 7.73. The summed E-state index contributed by atoms with van der Waals surface area (Å²) in [7, 11) is 0. The molecule has 31 heavy (non-hydrogen) atoms. The second-order valence-electron chi connectivity index (χ2n) is 7.00. The van der Waals surface area contributed by atoms with E-state index < -0.39 is 23.0 Å². The number of anilines is 1. The van der Waals surface area contributed by atoms with Crippen molar-refractivity contribution in [2.24, 2.45) is 5.10 Å². The summed E-state index contributed by atoms with van der Waals surface area (Å²) >= 11 is 5.88. The third-order valence-electron chi connectivity index (χ3n) is 4.84. The van der Waals surface area contributed by atoms with Gasteiger partial charge in [0.15, 0.2) is 0 Å². The van der Waals surface area contributed by atoms with Crippen LogP contribution in [0.2, 0.25) is 5.02 Å². The number of aromatic amines is 1. The highest BCUT2D eigenvalue weighted by Gasteiger charge is 2.29. The smallest absolute Gasteiger partial charge is 0.335 e. The van der Waals surface area contributed by atoms with Crippen LogP contribution in [0.4, 0.5) is 5.69 Å². The summed E-state index contributed by atoms with van der Waals surface area (Å²) in [4.78, 5) is 39.9. The Labute approximate surface area is 181 Å². The normalized spacial score (nSPS) is 14.9. The molecule has 2 heterocycles. The van der Waals surface area contributed by atoms with Crippen LogP contribution >= 0.6 is 11.6 Å². The van der Waals surface area contributed by atoms with Crippen molar-refractivity contribution in [3.63, 3.8) is 0 Å². The van der Waals surface area contributed by atoms with Crippen molar-refractivity contribution in [1.29, 1.82) is 0 Å². The maximum atomic E-state index is 13.0. The zero-order valence-electron chi connectivity index (χ0n) is 16.6. The Morgan fingerprint density at radius 2 is 1.58 bits per heavy atom. The van der Waals surface area contributed by atoms with Crippen molar-refractivity contribution in [2.75, 3.05) is 5.01 Å². The van der Waals surface area contributed by atoms with Crippen LogP contribution in [-0.4, -0.2) is 26.3 Å². The van der Waals surface area contributed by atoms with E-state index in [0.29, 0.717) is 22.1 Å². The van der Waals surface area contributed by atoms with Crippen LogP contribution in [0.1, 0.15) is 18.1 Å². The Morgan fingerprint density at radius 3 is 2.23 bits per heavy atom. The topological polar surface area (TPSA) is 108 Å². The van der Waals surface area contributed by atoms with E-state index in [1.165, 1.54) is 23.2 Å². The zero-order chi connectivity index (χ0) is 22.3. The number of aryl methyl sites for hydroxylation is 1. The van der Waals surface area contributed by atoms with Crippen LogP contribution in [0.5, 0.6) is 5.88 Å². The average molecular weight is 437 g/mol. The van der Waals surface area contributed by atoms with Gasteiger partial charge in [0.05, 0.1) is 22.7 Å². The van der Waals surface area contributed by atoms with Crippen LogP contribution in [0.25, 0.3) is 11.8 Å². The fourth-order valence-corrected chi connectivity index (χ4v) is 3.31. The highest BCUT2D eigenvalue weighted by Crippen LogP contribution is 2.27. The van der Waals surface area contributed by atoms with Gasteiger partial charge in [-0.1, -0.05) is 29.3 Å². The highest BCUT2D eigenvalue weighted by atomic mass is 35.5. The molecule has 156 valence electrons. The third kappa shape index (κ3) is 3.69. The van der Waals surface area contributed by atoms with E-state index >= 15 is 0 Å². The number of halogens is 1. The van der Waals surface area contributed by atoms with Gasteiger partial charge in [0.25, 0.3) is 11.5 Å². The number of carbonyl (C=O) groups excluding carboxylic acids is 1. The minimum atomic E-state index is -0.824. The molecular formula is C22H17ClN4O4. The summed E-state index contributed by atoms with van der Waals surface area (Å²) in [6.45, 7) is 3.55. The summed E-state index contributed by atoms with van der Waals surface area (Å²) in [5, 5.41) is 16.7. The fourth-order valence-electron chi connectivity index (χ4n) is 3.19. The molecule has 1 aromatic heterocycles. The number of hydrogen-bond acceptors (Lipinski definition) is 5. The standard InChI is InChI=1S/C22H17ClN4O4/c1-12-3-7-16(8-4-12)27-21(30)17(13(2)25-27)11-18-19(28)24-22(31)26(20(18)29)15-9-5-14(23)6-10-15/h3-11,29H,1-2H3,(H,24,28,31). The minimum Gasteiger partial charge on any atom is -0.494 e. The summed E-state index contributed by atoms with van der Waals surface area (Å²) < 4.78 is 0.924. The fraction of sp³-hybridized carbons (Fsp3) is 0.0909. The lowest BCUT2D eigenvalue weighted by molar-refractivity contribution is -0.114. The number of aromatic nitrogens is 2. The molecule has 1 aliphatic rings. The predicted octanol–water partition coefficient (Wildman–Crippen LogP) is 3.00. The molecule has 0 unspecified atom stereocenters. The van der Waals surface area contributed by atoms with Gasteiger partial charge in [-0.25, -0.2) is 9.36 Å². The minimum absolute atomic E-state index is 0.127. The molecule has 1 aliphatic heterocycles. The van der Waals surface area contributed by atoms with Crippen molar-refractivity contribution >= 4 is 35.0 Å². The molecule has 0 atom stereocenters. The number of aromatic hydroxyl groups is 1. The molecule has 4 rings (SSSR count). The largest absolute Gasteiger partial charge is 0.494 e. The number of rotatable bonds is 3. The molecule has 1 amide bonds. The zero-order valence-corrected chi connectivity index (χ0v) is 17.3. The first-order valence-electron chi connectivity index (χ1n) is 9.29. The highest BCUT2D eigenvalue weighted by molar-refractivity contribution is 6.32. The van der Waals surface area contributed by atoms with Crippen molar-refractivity contribution in [3.05, 3.63) is 91.1 Å². The van der Waals surface area contributed by atoms with Crippen LogP contribution in [0, 0.1) is 6.92 Å². The maximum Gasteiger partial charge on any atom is 0.335 e. The third-order valence-corrected chi connectivity index (χ3v) is 5.09. The summed E-state index contributed by atoms with van der Waals surface area (Å²) in [5.74, 6) is -1.05. The number of benzene rings is 2. The predicted molar refractivity (Wildman–Crippen MR) is 119 cm³/mol. The number of nitrogens with one attached hydrogen (secondary N) is 1. The van der Waals surface area contributed by atoms with Gasteiger partial charge in [-0.2, -0.15) is 10.1 Å². The molecule has 8 nitrogen and oxygen atoms in total. The van der Waals surface area contributed by atoms with E-state index in [4.69, 9.17) is 11.6 Å². The number of nitrogens with zero attached hydrogens (tertiary/aromatic N) is 3.